The maximum Gasteiger partial charge on any atom is 0.303 e. The molecular weight excluding hydrogens is 278 g/mol. The molecule has 1 N–H and O–H groups in total. The Morgan fingerprint density at radius 1 is 1.60 bits per heavy atom. The third-order valence-electron chi connectivity index (χ3n) is 3.43. The van der Waals surface area contributed by atoms with Gasteiger partial charge in [-0.3, -0.25) is 9.69 Å². The fourth-order valence-corrected chi connectivity index (χ4v) is 3.12. The zero-order chi connectivity index (χ0) is 13.9. The molecule has 20 heavy (non-hydrogen) atoms. The summed E-state index contributed by atoms with van der Waals surface area (Å²) >= 11 is 1.59. The Balaban J connectivity index is 1.58. The number of likely N-dealkylation sites (tertiary alicyclic amines) is 1. The van der Waals surface area contributed by atoms with Gasteiger partial charge < -0.3 is 9.63 Å². The monoisotopic (exact) mass is 293 g/mol. The Kier molecular flexibility index (Phi) is 3.79. The lowest BCUT2D eigenvalue weighted by Crippen LogP contribution is -2.21. The average Bonchev–Trinajstić information content (AvgIpc) is 3.09. The van der Waals surface area contributed by atoms with Gasteiger partial charge in [-0.2, -0.15) is 16.3 Å². The number of carboxylic acids is 1. The van der Waals surface area contributed by atoms with Crippen LogP contribution in [0.4, 0.5) is 0 Å². The first-order chi connectivity index (χ1) is 9.70. The first-order valence-corrected chi connectivity index (χ1v) is 7.44. The fourth-order valence-electron chi connectivity index (χ4n) is 2.49. The summed E-state index contributed by atoms with van der Waals surface area (Å²) in [6.07, 6.45) is 1.16. The van der Waals surface area contributed by atoms with Crippen molar-refractivity contribution < 1.29 is 14.4 Å². The highest BCUT2D eigenvalue weighted by molar-refractivity contribution is 7.08. The molecule has 7 heteroatoms. The summed E-state index contributed by atoms with van der Waals surface area (Å²) in [5.41, 5.74) is 0.943. The summed E-state index contributed by atoms with van der Waals surface area (Å²) in [6, 6.07) is 1.95. The highest BCUT2D eigenvalue weighted by Gasteiger charge is 2.25. The topological polar surface area (TPSA) is 79.5 Å². The van der Waals surface area contributed by atoms with Crippen LogP contribution in [0.3, 0.4) is 0 Å². The molecule has 1 aliphatic rings. The number of carbonyl (C=O) groups is 1. The molecule has 0 radical (unpaired) electrons. The van der Waals surface area contributed by atoms with Gasteiger partial charge in [0.1, 0.15) is 0 Å². The largest absolute Gasteiger partial charge is 0.481 e. The summed E-state index contributed by atoms with van der Waals surface area (Å²) in [5, 5.41) is 16.7. The van der Waals surface area contributed by atoms with E-state index in [0.29, 0.717) is 18.3 Å². The molecule has 1 aliphatic heterocycles. The van der Waals surface area contributed by atoms with Crippen LogP contribution in [-0.2, 0) is 11.3 Å². The van der Waals surface area contributed by atoms with Gasteiger partial charge in [0.15, 0.2) is 5.82 Å². The second-order valence-corrected chi connectivity index (χ2v) is 5.80. The molecule has 2 aromatic heterocycles. The summed E-state index contributed by atoms with van der Waals surface area (Å²) in [5.74, 6) is 0.705. The minimum atomic E-state index is -0.726. The van der Waals surface area contributed by atoms with Crippen molar-refractivity contribution in [1.29, 1.82) is 0 Å². The van der Waals surface area contributed by atoms with Crippen LogP contribution < -0.4 is 0 Å². The molecule has 0 aromatic carbocycles. The summed E-state index contributed by atoms with van der Waals surface area (Å²) in [6.45, 7) is 2.29. The molecule has 0 bridgehead atoms. The molecule has 1 unspecified atom stereocenters. The highest BCUT2D eigenvalue weighted by atomic mass is 32.1. The van der Waals surface area contributed by atoms with Crippen molar-refractivity contribution in [2.24, 2.45) is 5.92 Å². The van der Waals surface area contributed by atoms with Crippen molar-refractivity contribution in [3.63, 3.8) is 0 Å². The molecule has 2 aromatic rings. The Hall–Kier alpha value is -1.73. The molecule has 1 fully saturated rings. The zero-order valence-electron chi connectivity index (χ0n) is 10.9. The molecule has 0 aliphatic carbocycles. The smallest absolute Gasteiger partial charge is 0.303 e. The van der Waals surface area contributed by atoms with Crippen molar-refractivity contribution in [1.82, 2.24) is 15.0 Å². The van der Waals surface area contributed by atoms with Crippen LogP contribution in [-0.4, -0.2) is 39.2 Å². The normalized spacial score (nSPS) is 19.5. The van der Waals surface area contributed by atoms with E-state index in [-0.39, 0.29) is 12.3 Å². The highest BCUT2D eigenvalue weighted by Crippen LogP contribution is 2.23. The van der Waals surface area contributed by atoms with Gasteiger partial charge >= 0.3 is 5.97 Å². The van der Waals surface area contributed by atoms with Crippen molar-refractivity contribution in [3.05, 3.63) is 22.7 Å². The van der Waals surface area contributed by atoms with E-state index < -0.39 is 5.97 Å². The van der Waals surface area contributed by atoms with Gasteiger partial charge in [-0.25, -0.2) is 0 Å². The predicted octanol–water partition coefficient (Wildman–Crippen LogP) is 2.09. The minimum absolute atomic E-state index is 0.232. The number of hydrogen-bond acceptors (Lipinski definition) is 6. The van der Waals surface area contributed by atoms with E-state index >= 15 is 0 Å². The third kappa shape index (κ3) is 3.05. The Morgan fingerprint density at radius 3 is 3.25 bits per heavy atom. The lowest BCUT2D eigenvalue weighted by atomic mass is 10.1. The molecule has 106 valence electrons. The first-order valence-electron chi connectivity index (χ1n) is 6.50. The molecule has 1 saturated heterocycles. The van der Waals surface area contributed by atoms with Gasteiger partial charge in [0.2, 0.25) is 0 Å². The van der Waals surface area contributed by atoms with Gasteiger partial charge in [-0.1, -0.05) is 5.16 Å². The van der Waals surface area contributed by atoms with E-state index in [1.54, 1.807) is 11.3 Å². The minimum Gasteiger partial charge on any atom is -0.481 e. The van der Waals surface area contributed by atoms with Crippen LogP contribution in [0.25, 0.3) is 11.5 Å². The summed E-state index contributed by atoms with van der Waals surface area (Å²) in [7, 11) is 0. The molecular formula is C13H15N3O3S. The van der Waals surface area contributed by atoms with Crippen molar-refractivity contribution >= 4 is 17.3 Å². The summed E-state index contributed by atoms with van der Waals surface area (Å²) < 4.78 is 5.24. The molecule has 3 rings (SSSR count). The zero-order valence-corrected chi connectivity index (χ0v) is 11.7. The summed E-state index contributed by atoms with van der Waals surface area (Å²) in [4.78, 5) is 17.2. The van der Waals surface area contributed by atoms with Gasteiger partial charge in [0.25, 0.3) is 5.89 Å². The van der Waals surface area contributed by atoms with Gasteiger partial charge in [0.05, 0.1) is 12.1 Å². The van der Waals surface area contributed by atoms with Crippen molar-refractivity contribution in [3.8, 4) is 11.5 Å². The van der Waals surface area contributed by atoms with E-state index in [1.807, 2.05) is 16.8 Å². The molecule has 0 spiro atoms. The van der Waals surface area contributed by atoms with E-state index in [4.69, 9.17) is 9.63 Å². The standard InChI is InChI=1S/C13H15N3O3S/c17-12(18)5-9-1-3-16(6-9)7-11-14-13(19-15-11)10-2-4-20-8-10/h2,4,8-9H,1,3,5-7H2,(H,17,18). The fraction of sp³-hybridized carbons (Fsp3) is 0.462. The lowest BCUT2D eigenvalue weighted by Gasteiger charge is -2.12. The molecule has 3 heterocycles. The van der Waals surface area contributed by atoms with Crippen molar-refractivity contribution in [2.45, 2.75) is 19.4 Å². The average molecular weight is 293 g/mol. The Morgan fingerprint density at radius 2 is 2.50 bits per heavy atom. The number of thiophene rings is 1. The molecule has 0 saturated carbocycles. The number of carboxylic acid groups (broad SMARTS) is 1. The third-order valence-corrected chi connectivity index (χ3v) is 4.12. The van der Waals surface area contributed by atoms with E-state index in [1.165, 1.54) is 0 Å². The number of nitrogens with zero attached hydrogens (tertiary/aromatic N) is 3. The lowest BCUT2D eigenvalue weighted by molar-refractivity contribution is -0.138. The van der Waals surface area contributed by atoms with Crippen LogP contribution in [0.5, 0.6) is 0 Å². The molecule has 0 amide bonds. The van der Waals surface area contributed by atoms with E-state index in [0.717, 1.165) is 25.1 Å². The predicted molar refractivity (Wildman–Crippen MR) is 73.2 cm³/mol. The Bertz CT molecular complexity index is 581. The van der Waals surface area contributed by atoms with Gasteiger partial charge in [0, 0.05) is 18.3 Å². The maximum absolute atomic E-state index is 10.7. The number of rotatable bonds is 5. The van der Waals surface area contributed by atoms with Crippen LogP contribution in [0.15, 0.2) is 21.3 Å². The van der Waals surface area contributed by atoms with Crippen molar-refractivity contribution in [2.75, 3.05) is 13.1 Å². The van der Waals surface area contributed by atoms with E-state index in [2.05, 4.69) is 15.0 Å². The van der Waals surface area contributed by atoms with Crippen LogP contribution in [0, 0.1) is 5.92 Å². The van der Waals surface area contributed by atoms with Crippen LogP contribution in [0.1, 0.15) is 18.7 Å². The Labute approximate surface area is 120 Å². The number of hydrogen-bond donors (Lipinski definition) is 1. The number of aromatic nitrogens is 2. The van der Waals surface area contributed by atoms with Crippen LogP contribution in [0.2, 0.25) is 0 Å². The van der Waals surface area contributed by atoms with Crippen LogP contribution >= 0.6 is 11.3 Å². The number of aliphatic carboxylic acids is 1. The first kappa shape index (κ1) is 13.3. The second-order valence-electron chi connectivity index (χ2n) is 5.02. The quantitative estimate of drug-likeness (QED) is 0.909. The molecule has 1 atom stereocenters. The maximum atomic E-state index is 10.7. The SMILES string of the molecule is O=C(O)CC1CCN(Cc2noc(-c3ccsc3)n2)C1. The molecule has 6 nitrogen and oxygen atoms in total. The van der Waals surface area contributed by atoms with Gasteiger partial charge in [-0.15, -0.1) is 0 Å². The van der Waals surface area contributed by atoms with E-state index in [9.17, 15) is 4.79 Å². The second kappa shape index (κ2) is 5.72. The van der Waals surface area contributed by atoms with Gasteiger partial charge in [-0.05, 0) is 30.3 Å².